The molecule has 0 fully saturated rings. The van der Waals surface area contributed by atoms with E-state index in [-0.39, 0.29) is 0 Å². The number of carboxylic acids is 1. The van der Waals surface area contributed by atoms with Crippen LogP contribution in [0.3, 0.4) is 0 Å². The predicted octanol–water partition coefficient (Wildman–Crippen LogP) is 6.15. The van der Waals surface area contributed by atoms with Crippen LogP contribution >= 0.6 is 0 Å². The second-order valence-corrected chi connectivity index (χ2v) is 6.71. The maximum Gasteiger partial charge on any atom is 0.335 e. The molecule has 3 aromatic rings. The molecular formula is C25H28N2O2. The molecule has 0 radical (unpaired) electrons. The molecule has 29 heavy (non-hydrogen) atoms. The number of benzene rings is 1. The number of unbranched alkanes of at least 4 members (excludes halogenated alkanes) is 3. The standard InChI is InChI=1S/C13H18O2.C12H10N2/c1-2-3-4-5-6-11-7-9-12(10-8-11)13(14)15;1(11-3-7-13-8-4-11)2-12-5-9-14-10-6-12/h7-10H,2-6H2,1H3,(H,14,15);1-10H/b;2-1+. The first-order valence-corrected chi connectivity index (χ1v) is 9.99. The Balaban J connectivity index is 0.000000207. The van der Waals surface area contributed by atoms with Crippen molar-refractivity contribution < 1.29 is 9.90 Å². The van der Waals surface area contributed by atoms with Gasteiger partial charge in [-0.15, -0.1) is 0 Å². The SMILES string of the molecule is C(=C\c1ccncc1)/c1ccncc1.CCCCCCc1ccc(C(=O)O)cc1. The third kappa shape index (κ3) is 8.98. The van der Waals surface area contributed by atoms with Gasteiger partial charge in [-0.3, -0.25) is 9.97 Å². The highest BCUT2D eigenvalue weighted by molar-refractivity contribution is 5.87. The van der Waals surface area contributed by atoms with Crippen LogP contribution < -0.4 is 0 Å². The van der Waals surface area contributed by atoms with Gasteiger partial charge in [-0.25, -0.2) is 4.79 Å². The summed E-state index contributed by atoms with van der Waals surface area (Å²) in [6, 6.07) is 15.1. The molecule has 0 atom stereocenters. The zero-order chi connectivity index (χ0) is 20.7. The summed E-state index contributed by atoms with van der Waals surface area (Å²) in [6.45, 7) is 2.20. The minimum absolute atomic E-state index is 0.368. The summed E-state index contributed by atoms with van der Waals surface area (Å²) >= 11 is 0. The predicted molar refractivity (Wildman–Crippen MR) is 119 cm³/mol. The van der Waals surface area contributed by atoms with E-state index >= 15 is 0 Å². The van der Waals surface area contributed by atoms with Gasteiger partial charge >= 0.3 is 5.97 Å². The Morgan fingerprint density at radius 3 is 1.76 bits per heavy atom. The minimum atomic E-state index is -0.854. The van der Waals surface area contributed by atoms with Gasteiger partial charge in [0.1, 0.15) is 0 Å². The molecule has 0 saturated heterocycles. The van der Waals surface area contributed by atoms with Crippen molar-refractivity contribution in [1.82, 2.24) is 9.97 Å². The Morgan fingerprint density at radius 2 is 1.31 bits per heavy atom. The molecule has 4 heteroatoms. The van der Waals surface area contributed by atoms with Crippen LogP contribution in [0, 0.1) is 0 Å². The summed E-state index contributed by atoms with van der Waals surface area (Å²) in [7, 11) is 0. The second-order valence-electron chi connectivity index (χ2n) is 6.71. The molecule has 0 amide bonds. The summed E-state index contributed by atoms with van der Waals surface area (Å²) in [5.74, 6) is -0.854. The highest BCUT2D eigenvalue weighted by atomic mass is 16.4. The van der Waals surface area contributed by atoms with Crippen LogP contribution in [0.25, 0.3) is 12.2 Å². The van der Waals surface area contributed by atoms with E-state index in [1.54, 1.807) is 36.9 Å². The van der Waals surface area contributed by atoms with Crippen molar-refractivity contribution in [2.45, 2.75) is 39.0 Å². The third-order valence-corrected chi connectivity index (χ3v) is 4.40. The van der Waals surface area contributed by atoms with E-state index in [4.69, 9.17) is 5.11 Å². The van der Waals surface area contributed by atoms with E-state index in [1.807, 2.05) is 36.4 Å². The molecule has 0 bridgehead atoms. The van der Waals surface area contributed by atoms with E-state index in [0.717, 1.165) is 17.5 Å². The lowest BCUT2D eigenvalue weighted by atomic mass is 10.0. The van der Waals surface area contributed by atoms with Gasteiger partial charge in [0, 0.05) is 24.8 Å². The summed E-state index contributed by atoms with van der Waals surface area (Å²) in [5, 5.41) is 8.72. The van der Waals surface area contributed by atoms with Crippen molar-refractivity contribution in [3.63, 3.8) is 0 Å². The number of aryl methyl sites for hydroxylation is 1. The van der Waals surface area contributed by atoms with Crippen molar-refractivity contribution >= 4 is 18.1 Å². The first-order valence-electron chi connectivity index (χ1n) is 9.99. The van der Waals surface area contributed by atoms with Crippen LogP contribution in [-0.4, -0.2) is 21.0 Å². The fraction of sp³-hybridized carbons (Fsp3) is 0.240. The first kappa shape index (κ1) is 22.0. The number of carboxylic acid groups (broad SMARTS) is 1. The molecule has 3 rings (SSSR count). The largest absolute Gasteiger partial charge is 0.478 e. The first-order chi connectivity index (χ1) is 14.2. The number of pyridine rings is 2. The van der Waals surface area contributed by atoms with Gasteiger partial charge in [-0.05, 0) is 65.9 Å². The number of aromatic carboxylic acids is 1. The maximum atomic E-state index is 10.6. The smallest absolute Gasteiger partial charge is 0.335 e. The fourth-order valence-electron chi connectivity index (χ4n) is 2.71. The molecule has 0 unspecified atom stereocenters. The maximum absolute atomic E-state index is 10.6. The van der Waals surface area contributed by atoms with Crippen LogP contribution in [0.15, 0.2) is 73.3 Å². The van der Waals surface area contributed by atoms with Gasteiger partial charge in [-0.1, -0.05) is 50.5 Å². The minimum Gasteiger partial charge on any atom is -0.478 e. The normalized spacial score (nSPS) is 10.4. The van der Waals surface area contributed by atoms with E-state index < -0.39 is 5.97 Å². The van der Waals surface area contributed by atoms with Crippen LogP contribution in [0.4, 0.5) is 0 Å². The van der Waals surface area contributed by atoms with Crippen molar-refractivity contribution in [2.75, 3.05) is 0 Å². The van der Waals surface area contributed by atoms with Crippen molar-refractivity contribution in [2.24, 2.45) is 0 Å². The number of hydrogen-bond donors (Lipinski definition) is 1. The third-order valence-electron chi connectivity index (χ3n) is 4.40. The highest BCUT2D eigenvalue weighted by Gasteiger charge is 2.01. The van der Waals surface area contributed by atoms with Crippen molar-refractivity contribution in [3.05, 3.63) is 95.6 Å². The Hall–Kier alpha value is -3.27. The van der Waals surface area contributed by atoms with Crippen LogP contribution in [0.1, 0.15) is 59.7 Å². The molecule has 4 nitrogen and oxygen atoms in total. The average Bonchev–Trinajstić information content (AvgIpc) is 2.77. The van der Waals surface area contributed by atoms with Gasteiger partial charge in [0.15, 0.2) is 0 Å². The highest BCUT2D eigenvalue weighted by Crippen LogP contribution is 2.09. The fourth-order valence-corrected chi connectivity index (χ4v) is 2.71. The van der Waals surface area contributed by atoms with E-state index in [1.165, 1.54) is 31.2 Å². The lowest BCUT2D eigenvalue weighted by Gasteiger charge is -2.01. The molecule has 0 aliphatic carbocycles. The number of aromatic nitrogens is 2. The van der Waals surface area contributed by atoms with Crippen LogP contribution in [-0.2, 0) is 6.42 Å². The van der Waals surface area contributed by atoms with Gasteiger partial charge < -0.3 is 5.11 Å². The molecule has 0 aliphatic rings. The summed E-state index contributed by atoms with van der Waals surface area (Å²) in [5.41, 5.74) is 3.90. The zero-order valence-corrected chi connectivity index (χ0v) is 16.9. The van der Waals surface area contributed by atoms with Crippen molar-refractivity contribution in [3.8, 4) is 0 Å². The Morgan fingerprint density at radius 1 is 0.793 bits per heavy atom. The van der Waals surface area contributed by atoms with E-state index in [0.29, 0.717) is 5.56 Å². The zero-order valence-electron chi connectivity index (χ0n) is 16.9. The quantitative estimate of drug-likeness (QED) is 0.470. The number of nitrogens with zero attached hydrogens (tertiary/aromatic N) is 2. The van der Waals surface area contributed by atoms with E-state index in [9.17, 15) is 4.79 Å². The molecule has 0 spiro atoms. The molecular weight excluding hydrogens is 360 g/mol. The molecule has 0 saturated carbocycles. The van der Waals surface area contributed by atoms with E-state index in [2.05, 4.69) is 29.0 Å². The number of hydrogen-bond acceptors (Lipinski definition) is 3. The van der Waals surface area contributed by atoms with Gasteiger partial charge in [0.2, 0.25) is 0 Å². The molecule has 1 aromatic carbocycles. The van der Waals surface area contributed by atoms with Crippen LogP contribution in [0.2, 0.25) is 0 Å². The Labute approximate surface area is 173 Å². The van der Waals surface area contributed by atoms with Gasteiger partial charge in [0.05, 0.1) is 5.56 Å². The lowest BCUT2D eigenvalue weighted by Crippen LogP contribution is -1.96. The molecule has 0 aliphatic heterocycles. The second kappa shape index (κ2) is 13.0. The van der Waals surface area contributed by atoms with Gasteiger partial charge in [0.25, 0.3) is 0 Å². The molecule has 1 N–H and O–H groups in total. The summed E-state index contributed by atoms with van der Waals surface area (Å²) in [6.07, 6.45) is 17.3. The number of rotatable bonds is 8. The molecule has 2 aromatic heterocycles. The topological polar surface area (TPSA) is 63.1 Å². The monoisotopic (exact) mass is 388 g/mol. The summed E-state index contributed by atoms with van der Waals surface area (Å²) < 4.78 is 0. The average molecular weight is 389 g/mol. The molecule has 2 heterocycles. The summed E-state index contributed by atoms with van der Waals surface area (Å²) in [4.78, 5) is 18.5. The number of carbonyl (C=O) groups is 1. The van der Waals surface area contributed by atoms with Gasteiger partial charge in [-0.2, -0.15) is 0 Å². The Kier molecular flexibility index (Phi) is 9.87. The lowest BCUT2D eigenvalue weighted by molar-refractivity contribution is 0.0697. The Bertz CT molecular complexity index is 819. The molecule has 150 valence electrons. The van der Waals surface area contributed by atoms with Crippen LogP contribution in [0.5, 0.6) is 0 Å². The van der Waals surface area contributed by atoms with Crippen molar-refractivity contribution in [1.29, 1.82) is 0 Å².